The Bertz CT molecular complexity index is 739. The van der Waals surface area contributed by atoms with Gasteiger partial charge in [0.05, 0.1) is 11.0 Å². The van der Waals surface area contributed by atoms with E-state index in [1.54, 1.807) is 29.9 Å². The van der Waals surface area contributed by atoms with Gasteiger partial charge in [0.1, 0.15) is 11.6 Å². The van der Waals surface area contributed by atoms with Crippen LogP contribution in [0, 0.1) is 11.6 Å². The summed E-state index contributed by atoms with van der Waals surface area (Å²) in [6.45, 7) is -0.0627. The minimum atomic E-state index is -4.03. The smallest absolute Gasteiger partial charge is 0.240 e. The number of aliphatic hydroxyl groups excluding tert-OH is 1. The van der Waals surface area contributed by atoms with Crippen molar-refractivity contribution >= 4 is 10.0 Å². The molecular formula is C14H16F2N2O3S. The number of nitrogens with zero attached hydrogens (tertiary/aromatic N) is 1. The van der Waals surface area contributed by atoms with Gasteiger partial charge in [-0.1, -0.05) is 0 Å². The van der Waals surface area contributed by atoms with Crippen molar-refractivity contribution in [1.29, 1.82) is 0 Å². The molecule has 1 heterocycles. The topological polar surface area (TPSA) is 71.3 Å². The van der Waals surface area contributed by atoms with Crippen LogP contribution in [-0.2, 0) is 17.1 Å². The van der Waals surface area contributed by atoms with Crippen LogP contribution in [0.2, 0.25) is 0 Å². The van der Waals surface area contributed by atoms with Crippen LogP contribution in [0.3, 0.4) is 0 Å². The van der Waals surface area contributed by atoms with Crippen molar-refractivity contribution in [2.75, 3.05) is 6.54 Å². The number of halogens is 2. The minimum Gasteiger partial charge on any atom is -0.387 e. The number of hydrogen-bond donors (Lipinski definition) is 2. The molecule has 0 bridgehead atoms. The van der Waals surface area contributed by atoms with Crippen LogP contribution in [0.1, 0.15) is 18.2 Å². The molecule has 0 amide bonds. The van der Waals surface area contributed by atoms with Crippen LogP contribution in [0.4, 0.5) is 8.78 Å². The fourth-order valence-corrected chi connectivity index (χ4v) is 3.15. The molecule has 8 heteroatoms. The van der Waals surface area contributed by atoms with Gasteiger partial charge in [-0.05, 0) is 30.7 Å². The van der Waals surface area contributed by atoms with Gasteiger partial charge in [0.25, 0.3) is 0 Å². The van der Waals surface area contributed by atoms with E-state index in [9.17, 15) is 22.3 Å². The first-order valence-corrected chi connectivity index (χ1v) is 8.03. The molecule has 5 nitrogen and oxygen atoms in total. The first-order valence-electron chi connectivity index (χ1n) is 6.54. The molecule has 0 aliphatic heterocycles. The summed E-state index contributed by atoms with van der Waals surface area (Å²) in [6, 6.07) is 5.55. The van der Waals surface area contributed by atoms with E-state index in [4.69, 9.17) is 0 Å². The Morgan fingerprint density at radius 3 is 2.45 bits per heavy atom. The highest BCUT2D eigenvalue weighted by atomic mass is 32.2. The van der Waals surface area contributed by atoms with Gasteiger partial charge in [-0.15, -0.1) is 0 Å². The lowest BCUT2D eigenvalue weighted by Gasteiger charge is -2.13. The molecule has 1 aromatic heterocycles. The zero-order valence-corrected chi connectivity index (χ0v) is 12.6. The van der Waals surface area contributed by atoms with Crippen molar-refractivity contribution in [3.8, 4) is 0 Å². The first kappa shape index (κ1) is 16.6. The van der Waals surface area contributed by atoms with Gasteiger partial charge in [0.2, 0.25) is 10.0 Å². The van der Waals surface area contributed by atoms with E-state index < -0.39 is 32.7 Å². The molecule has 0 spiro atoms. The molecular weight excluding hydrogens is 314 g/mol. The molecule has 0 saturated heterocycles. The van der Waals surface area contributed by atoms with E-state index in [2.05, 4.69) is 4.72 Å². The average molecular weight is 330 g/mol. The number of rotatable bonds is 6. The molecule has 0 saturated carbocycles. The molecule has 2 N–H and O–H groups in total. The van der Waals surface area contributed by atoms with Crippen molar-refractivity contribution < 1.29 is 22.3 Å². The summed E-state index contributed by atoms with van der Waals surface area (Å²) in [4.78, 5) is -0.488. The Balaban J connectivity index is 2.00. The SMILES string of the molecule is Cn1cccc1C(O)CCNS(=O)(=O)c1cc(F)cc(F)c1. The Morgan fingerprint density at radius 1 is 1.27 bits per heavy atom. The van der Waals surface area contributed by atoms with E-state index in [1.807, 2.05) is 0 Å². The van der Waals surface area contributed by atoms with Crippen molar-refractivity contribution in [2.24, 2.45) is 7.05 Å². The third kappa shape index (κ3) is 3.90. The Kier molecular flexibility index (Phi) is 4.94. The fourth-order valence-electron chi connectivity index (χ4n) is 2.07. The number of aliphatic hydroxyl groups is 1. The lowest BCUT2D eigenvalue weighted by atomic mass is 10.2. The molecule has 22 heavy (non-hydrogen) atoms. The molecule has 0 radical (unpaired) electrons. The summed E-state index contributed by atoms with van der Waals surface area (Å²) in [6.07, 6.45) is 1.06. The first-order chi connectivity index (χ1) is 10.3. The monoisotopic (exact) mass is 330 g/mol. The Labute approximate surface area is 127 Å². The highest BCUT2D eigenvalue weighted by Crippen LogP contribution is 2.17. The van der Waals surface area contributed by atoms with E-state index in [1.165, 1.54) is 0 Å². The van der Waals surface area contributed by atoms with Crippen molar-refractivity contribution in [1.82, 2.24) is 9.29 Å². The summed E-state index contributed by atoms with van der Waals surface area (Å²) in [5, 5.41) is 9.97. The van der Waals surface area contributed by atoms with E-state index in [0.717, 1.165) is 12.1 Å². The maximum absolute atomic E-state index is 13.1. The van der Waals surface area contributed by atoms with Crippen molar-refractivity contribution in [2.45, 2.75) is 17.4 Å². The van der Waals surface area contributed by atoms with Gasteiger partial charge in [0.15, 0.2) is 0 Å². The fraction of sp³-hybridized carbons (Fsp3) is 0.286. The van der Waals surface area contributed by atoms with Crippen molar-refractivity contribution in [3.05, 3.63) is 53.9 Å². The molecule has 2 aromatic rings. The van der Waals surface area contributed by atoms with Gasteiger partial charge >= 0.3 is 0 Å². The predicted molar refractivity (Wildman–Crippen MR) is 76.5 cm³/mol. The van der Waals surface area contributed by atoms with Gasteiger partial charge < -0.3 is 9.67 Å². The third-order valence-electron chi connectivity index (χ3n) is 3.18. The summed E-state index contributed by atoms with van der Waals surface area (Å²) < 4.78 is 53.9. The second kappa shape index (κ2) is 6.55. The molecule has 0 aliphatic rings. The zero-order chi connectivity index (χ0) is 16.3. The maximum Gasteiger partial charge on any atom is 0.240 e. The summed E-state index contributed by atoms with van der Waals surface area (Å²) in [5.41, 5.74) is 0.649. The number of hydrogen-bond acceptors (Lipinski definition) is 3. The minimum absolute atomic E-state index is 0.0627. The van der Waals surface area contributed by atoms with E-state index in [-0.39, 0.29) is 13.0 Å². The number of nitrogens with one attached hydrogen (secondary N) is 1. The molecule has 1 unspecified atom stereocenters. The molecule has 1 atom stereocenters. The molecule has 1 aromatic carbocycles. The van der Waals surface area contributed by atoms with E-state index >= 15 is 0 Å². The lowest BCUT2D eigenvalue weighted by Crippen LogP contribution is -2.26. The normalized spacial score (nSPS) is 13.3. The summed E-state index contributed by atoms with van der Waals surface area (Å²) >= 11 is 0. The third-order valence-corrected chi connectivity index (χ3v) is 4.62. The van der Waals surface area contributed by atoms with Crippen LogP contribution in [-0.4, -0.2) is 24.6 Å². The predicted octanol–water partition coefficient (Wildman–Crippen LogP) is 1.71. The van der Waals surface area contributed by atoms with Crippen molar-refractivity contribution in [3.63, 3.8) is 0 Å². The quantitative estimate of drug-likeness (QED) is 0.847. The second-order valence-electron chi connectivity index (χ2n) is 4.85. The maximum atomic E-state index is 13.1. The lowest BCUT2D eigenvalue weighted by molar-refractivity contribution is 0.161. The molecule has 2 rings (SSSR count). The number of aryl methyl sites for hydroxylation is 1. The number of aromatic nitrogens is 1. The van der Waals surface area contributed by atoms with Crippen LogP contribution in [0.5, 0.6) is 0 Å². The van der Waals surface area contributed by atoms with Crippen LogP contribution < -0.4 is 4.72 Å². The number of sulfonamides is 1. The molecule has 120 valence electrons. The summed E-state index contributed by atoms with van der Waals surface area (Å²) in [5.74, 6) is -1.94. The zero-order valence-electron chi connectivity index (χ0n) is 11.8. The van der Waals surface area contributed by atoms with Gasteiger partial charge in [0, 0.05) is 31.5 Å². The van der Waals surface area contributed by atoms with Gasteiger partial charge in [-0.3, -0.25) is 0 Å². The van der Waals surface area contributed by atoms with Gasteiger partial charge in [-0.2, -0.15) is 0 Å². The standard InChI is InChI=1S/C14H16F2N2O3S/c1-18-6-2-3-13(18)14(19)4-5-17-22(20,21)12-8-10(15)7-11(16)9-12/h2-3,6-9,14,17,19H,4-5H2,1H3. The van der Waals surface area contributed by atoms with Gasteiger partial charge in [-0.25, -0.2) is 21.9 Å². The summed E-state index contributed by atoms with van der Waals surface area (Å²) in [7, 11) is -2.27. The second-order valence-corrected chi connectivity index (χ2v) is 6.62. The van der Waals surface area contributed by atoms with Crippen LogP contribution in [0.25, 0.3) is 0 Å². The highest BCUT2D eigenvalue weighted by molar-refractivity contribution is 7.89. The Morgan fingerprint density at radius 2 is 1.91 bits per heavy atom. The van der Waals surface area contributed by atoms with E-state index in [0.29, 0.717) is 11.8 Å². The largest absolute Gasteiger partial charge is 0.387 e. The highest BCUT2D eigenvalue weighted by Gasteiger charge is 2.17. The Hall–Kier alpha value is -1.77. The average Bonchev–Trinajstić information content (AvgIpc) is 2.83. The van der Waals surface area contributed by atoms with Crippen LogP contribution in [0.15, 0.2) is 41.4 Å². The number of benzene rings is 1. The van der Waals surface area contributed by atoms with Crippen LogP contribution >= 0.6 is 0 Å². The molecule has 0 fully saturated rings. The molecule has 0 aliphatic carbocycles.